The topological polar surface area (TPSA) is 65.7 Å². The molecule has 2 heterocycles. The molecule has 1 aliphatic heterocycles. The molecule has 1 unspecified atom stereocenters. The Labute approximate surface area is 127 Å². The molecule has 0 saturated heterocycles. The summed E-state index contributed by atoms with van der Waals surface area (Å²) in [6, 6.07) is 6.74. The molecule has 3 rings (SSSR count). The fraction of sp³-hybridized carbons (Fsp3) is 0.412. The monoisotopic (exact) mass is 302 g/mol. The third-order valence-electron chi connectivity index (χ3n) is 3.92. The van der Waals surface area contributed by atoms with Gasteiger partial charge in [0.15, 0.2) is 0 Å². The van der Waals surface area contributed by atoms with E-state index in [2.05, 4.69) is 0 Å². The molecule has 1 aromatic carbocycles. The number of fused-ring (bicyclic) bond motifs is 2. The van der Waals surface area contributed by atoms with Gasteiger partial charge < -0.3 is 13.9 Å². The lowest BCUT2D eigenvalue weighted by molar-refractivity contribution is -0.160. The normalized spacial score (nSPS) is 19.3. The minimum Gasteiger partial charge on any atom is -0.484 e. The molecule has 0 N–H and O–H groups in total. The number of hydrogen-bond acceptors (Lipinski definition) is 5. The Morgan fingerprint density at radius 3 is 2.86 bits per heavy atom. The van der Waals surface area contributed by atoms with Gasteiger partial charge in [0, 0.05) is 30.4 Å². The van der Waals surface area contributed by atoms with E-state index in [9.17, 15) is 9.59 Å². The minimum absolute atomic E-state index is 0.239. The molecule has 0 aliphatic carbocycles. The van der Waals surface area contributed by atoms with E-state index in [1.807, 2.05) is 19.9 Å². The van der Waals surface area contributed by atoms with Crippen LogP contribution in [0.15, 0.2) is 33.5 Å². The van der Waals surface area contributed by atoms with Crippen molar-refractivity contribution in [2.45, 2.75) is 45.3 Å². The number of esters is 1. The Hall–Kier alpha value is -2.30. The van der Waals surface area contributed by atoms with E-state index in [1.54, 1.807) is 19.1 Å². The number of rotatable bonds is 2. The molecule has 1 atom stereocenters. The van der Waals surface area contributed by atoms with Crippen molar-refractivity contribution < 1.29 is 18.7 Å². The molecule has 5 heteroatoms. The second kappa shape index (κ2) is 5.16. The SMILES string of the molecule is CCC(=O)OC1Cc2cc3ccc(=O)oc3cc2OC1(C)C. The molecule has 5 nitrogen and oxygen atoms in total. The van der Waals surface area contributed by atoms with E-state index in [-0.39, 0.29) is 12.1 Å². The van der Waals surface area contributed by atoms with Gasteiger partial charge in [-0.25, -0.2) is 4.79 Å². The predicted molar refractivity (Wildman–Crippen MR) is 81.1 cm³/mol. The summed E-state index contributed by atoms with van der Waals surface area (Å²) >= 11 is 0. The zero-order chi connectivity index (χ0) is 15.9. The summed E-state index contributed by atoms with van der Waals surface area (Å²) in [5, 5.41) is 0.822. The van der Waals surface area contributed by atoms with Crippen molar-refractivity contribution in [3.8, 4) is 5.75 Å². The van der Waals surface area contributed by atoms with Gasteiger partial charge in [-0.2, -0.15) is 0 Å². The van der Waals surface area contributed by atoms with Crippen LogP contribution in [0, 0.1) is 0 Å². The first-order valence-electron chi connectivity index (χ1n) is 7.34. The molecule has 116 valence electrons. The fourth-order valence-corrected chi connectivity index (χ4v) is 2.62. The van der Waals surface area contributed by atoms with E-state index >= 15 is 0 Å². The maximum atomic E-state index is 11.6. The largest absolute Gasteiger partial charge is 0.484 e. The number of benzene rings is 1. The molecule has 0 spiro atoms. The van der Waals surface area contributed by atoms with Crippen molar-refractivity contribution in [3.63, 3.8) is 0 Å². The summed E-state index contributed by atoms with van der Waals surface area (Å²) in [5.74, 6) is 0.424. The van der Waals surface area contributed by atoms with Crippen LogP contribution in [0.1, 0.15) is 32.8 Å². The fourth-order valence-electron chi connectivity index (χ4n) is 2.62. The second-order valence-corrected chi connectivity index (χ2v) is 5.99. The summed E-state index contributed by atoms with van der Waals surface area (Å²) < 4.78 is 16.7. The number of hydrogen-bond donors (Lipinski definition) is 0. The highest BCUT2D eigenvalue weighted by Crippen LogP contribution is 2.37. The van der Waals surface area contributed by atoms with Crippen molar-refractivity contribution in [2.24, 2.45) is 0 Å². The molecule has 0 saturated carbocycles. The van der Waals surface area contributed by atoms with E-state index in [4.69, 9.17) is 13.9 Å². The van der Waals surface area contributed by atoms with Gasteiger partial charge in [-0.15, -0.1) is 0 Å². The van der Waals surface area contributed by atoms with Crippen LogP contribution in [0.5, 0.6) is 5.75 Å². The Morgan fingerprint density at radius 2 is 2.14 bits per heavy atom. The third-order valence-corrected chi connectivity index (χ3v) is 3.92. The van der Waals surface area contributed by atoms with Crippen LogP contribution < -0.4 is 10.4 Å². The van der Waals surface area contributed by atoms with Gasteiger partial charge in [0.2, 0.25) is 0 Å². The summed E-state index contributed by atoms with van der Waals surface area (Å²) in [7, 11) is 0. The number of ether oxygens (including phenoxy) is 2. The van der Waals surface area contributed by atoms with E-state index in [1.165, 1.54) is 6.07 Å². The Bertz CT molecular complexity index is 787. The van der Waals surface area contributed by atoms with Crippen LogP contribution in [0.4, 0.5) is 0 Å². The summed E-state index contributed by atoms with van der Waals surface area (Å²) in [6.07, 6.45) is 0.562. The van der Waals surface area contributed by atoms with Crippen LogP contribution in [-0.4, -0.2) is 17.7 Å². The average molecular weight is 302 g/mol. The lowest BCUT2D eigenvalue weighted by Gasteiger charge is -2.39. The quantitative estimate of drug-likeness (QED) is 0.630. The summed E-state index contributed by atoms with van der Waals surface area (Å²) in [6.45, 7) is 5.53. The number of carbonyl (C=O) groups excluding carboxylic acids is 1. The average Bonchev–Trinajstić information content (AvgIpc) is 2.45. The van der Waals surface area contributed by atoms with Gasteiger partial charge in [0.05, 0.1) is 0 Å². The van der Waals surface area contributed by atoms with Crippen LogP contribution >= 0.6 is 0 Å². The first kappa shape index (κ1) is 14.6. The standard InChI is InChI=1S/C17H18O5/c1-4-15(18)21-14-8-11-7-10-5-6-16(19)20-12(10)9-13(11)22-17(14,2)3/h5-7,9,14H,4,8H2,1-3H3. The highest BCUT2D eigenvalue weighted by atomic mass is 16.6. The van der Waals surface area contributed by atoms with Crippen molar-refractivity contribution in [3.05, 3.63) is 40.2 Å². The van der Waals surface area contributed by atoms with Gasteiger partial charge in [0.25, 0.3) is 0 Å². The minimum atomic E-state index is -0.638. The van der Waals surface area contributed by atoms with Crippen molar-refractivity contribution >= 4 is 16.9 Å². The van der Waals surface area contributed by atoms with Crippen LogP contribution in [0.25, 0.3) is 11.0 Å². The molecular weight excluding hydrogens is 284 g/mol. The molecule has 22 heavy (non-hydrogen) atoms. The van der Waals surface area contributed by atoms with Crippen molar-refractivity contribution in [2.75, 3.05) is 0 Å². The molecule has 0 radical (unpaired) electrons. The summed E-state index contributed by atoms with van der Waals surface area (Å²) in [5.41, 5.74) is 0.401. The Morgan fingerprint density at radius 1 is 1.36 bits per heavy atom. The van der Waals surface area contributed by atoms with Gasteiger partial charge in [-0.3, -0.25) is 4.79 Å². The molecule has 1 aliphatic rings. The van der Waals surface area contributed by atoms with Gasteiger partial charge in [-0.05, 0) is 31.5 Å². The molecule has 0 amide bonds. The highest BCUT2D eigenvalue weighted by molar-refractivity contribution is 5.79. The van der Waals surface area contributed by atoms with Crippen molar-refractivity contribution in [1.29, 1.82) is 0 Å². The van der Waals surface area contributed by atoms with Gasteiger partial charge in [0.1, 0.15) is 23.0 Å². The Balaban J connectivity index is 2.02. The molecular formula is C17H18O5. The van der Waals surface area contributed by atoms with Gasteiger partial charge >= 0.3 is 11.6 Å². The van der Waals surface area contributed by atoms with Crippen molar-refractivity contribution in [1.82, 2.24) is 0 Å². The zero-order valence-electron chi connectivity index (χ0n) is 12.8. The van der Waals surface area contributed by atoms with E-state index in [0.717, 1.165) is 10.9 Å². The van der Waals surface area contributed by atoms with E-state index < -0.39 is 11.2 Å². The summed E-state index contributed by atoms with van der Waals surface area (Å²) in [4.78, 5) is 22.9. The van der Waals surface area contributed by atoms with Crippen LogP contribution in [0.3, 0.4) is 0 Å². The lowest BCUT2D eigenvalue weighted by atomic mass is 9.90. The molecule has 0 bridgehead atoms. The maximum Gasteiger partial charge on any atom is 0.336 e. The number of carbonyl (C=O) groups is 1. The third kappa shape index (κ3) is 2.58. The predicted octanol–water partition coefficient (Wildman–Crippen LogP) is 2.83. The Kier molecular flexibility index (Phi) is 3.43. The zero-order valence-corrected chi connectivity index (χ0v) is 12.8. The smallest absolute Gasteiger partial charge is 0.336 e. The maximum absolute atomic E-state index is 11.6. The molecule has 0 fully saturated rings. The first-order valence-corrected chi connectivity index (χ1v) is 7.34. The highest BCUT2D eigenvalue weighted by Gasteiger charge is 2.39. The van der Waals surface area contributed by atoms with Gasteiger partial charge in [-0.1, -0.05) is 6.92 Å². The van der Waals surface area contributed by atoms with E-state index in [0.29, 0.717) is 24.2 Å². The van der Waals surface area contributed by atoms with Crippen LogP contribution in [0.2, 0.25) is 0 Å². The molecule has 2 aromatic rings. The second-order valence-electron chi connectivity index (χ2n) is 5.99. The molecule has 1 aromatic heterocycles. The lowest BCUT2D eigenvalue weighted by Crippen LogP contribution is -2.48. The van der Waals surface area contributed by atoms with Crippen LogP contribution in [-0.2, 0) is 16.0 Å². The first-order chi connectivity index (χ1) is 10.4.